The van der Waals surface area contributed by atoms with Gasteiger partial charge in [0.25, 0.3) is 0 Å². The Morgan fingerprint density at radius 1 is 1.26 bits per heavy atom. The zero-order chi connectivity index (χ0) is 13.7. The first-order chi connectivity index (χ1) is 9.15. The molecule has 102 valence electrons. The van der Waals surface area contributed by atoms with Gasteiger partial charge < -0.3 is 10.1 Å². The summed E-state index contributed by atoms with van der Waals surface area (Å²) in [5.74, 6) is 0.958. The van der Waals surface area contributed by atoms with E-state index in [1.54, 1.807) is 11.3 Å². The Kier molecular flexibility index (Phi) is 4.93. The SMILES string of the molecule is Cc1nc(CNCc2ccccc2OC(C)C)cs1. The first-order valence-corrected chi connectivity index (χ1v) is 7.39. The fourth-order valence-electron chi connectivity index (χ4n) is 1.83. The van der Waals surface area contributed by atoms with Crippen LogP contribution in [0.3, 0.4) is 0 Å². The van der Waals surface area contributed by atoms with Crippen LogP contribution in [0.25, 0.3) is 0 Å². The van der Waals surface area contributed by atoms with E-state index >= 15 is 0 Å². The monoisotopic (exact) mass is 276 g/mol. The van der Waals surface area contributed by atoms with Gasteiger partial charge in [0.1, 0.15) is 5.75 Å². The molecule has 19 heavy (non-hydrogen) atoms. The molecule has 0 saturated heterocycles. The lowest BCUT2D eigenvalue weighted by Gasteiger charge is -2.14. The molecule has 0 bridgehead atoms. The summed E-state index contributed by atoms with van der Waals surface area (Å²) in [6.07, 6.45) is 0.197. The number of rotatable bonds is 6. The molecule has 0 unspecified atom stereocenters. The zero-order valence-corrected chi connectivity index (χ0v) is 12.5. The molecule has 0 amide bonds. The average molecular weight is 276 g/mol. The molecule has 0 fully saturated rings. The molecule has 0 saturated carbocycles. The molecule has 0 spiro atoms. The molecule has 1 aromatic carbocycles. The number of nitrogens with one attached hydrogen (secondary N) is 1. The molecule has 2 rings (SSSR count). The van der Waals surface area contributed by atoms with E-state index < -0.39 is 0 Å². The molecular weight excluding hydrogens is 256 g/mol. The summed E-state index contributed by atoms with van der Waals surface area (Å²) < 4.78 is 5.80. The molecule has 1 heterocycles. The summed E-state index contributed by atoms with van der Waals surface area (Å²) in [6.45, 7) is 7.70. The van der Waals surface area contributed by atoms with Crippen LogP contribution in [0.1, 0.15) is 30.1 Å². The Morgan fingerprint density at radius 2 is 2.05 bits per heavy atom. The summed E-state index contributed by atoms with van der Waals surface area (Å²) in [5, 5.41) is 6.62. The van der Waals surface area contributed by atoms with Crippen LogP contribution in [0, 0.1) is 6.92 Å². The summed E-state index contributed by atoms with van der Waals surface area (Å²) in [6, 6.07) is 8.16. The summed E-state index contributed by atoms with van der Waals surface area (Å²) in [4.78, 5) is 4.44. The Morgan fingerprint density at radius 3 is 2.74 bits per heavy atom. The molecule has 0 radical (unpaired) electrons. The minimum atomic E-state index is 0.197. The Bertz CT molecular complexity index is 522. The fourth-order valence-corrected chi connectivity index (χ4v) is 2.45. The van der Waals surface area contributed by atoms with Crippen molar-refractivity contribution in [1.82, 2.24) is 10.3 Å². The normalized spacial score (nSPS) is 10.9. The number of aryl methyl sites for hydroxylation is 1. The second kappa shape index (κ2) is 6.68. The topological polar surface area (TPSA) is 34.2 Å². The molecule has 0 aliphatic carbocycles. The van der Waals surface area contributed by atoms with E-state index in [0.29, 0.717) is 0 Å². The van der Waals surface area contributed by atoms with Crippen LogP contribution < -0.4 is 10.1 Å². The number of thiazole rings is 1. The molecule has 0 atom stereocenters. The number of benzene rings is 1. The van der Waals surface area contributed by atoms with Crippen molar-refractivity contribution in [2.45, 2.75) is 40.0 Å². The lowest BCUT2D eigenvalue weighted by atomic mass is 10.2. The van der Waals surface area contributed by atoms with Crippen LogP contribution in [0.15, 0.2) is 29.6 Å². The number of nitrogens with zero attached hydrogens (tertiary/aromatic N) is 1. The molecule has 4 heteroatoms. The second-order valence-corrected chi connectivity index (χ2v) is 5.80. The van der Waals surface area contributed by atoms with Gasteiger partial charge in [-0.3, -0.25) is 0 Å². The van der Waals surface area contributed by atoms with Crippen LogP contribution in [-0.4, -0.2) is 11.1 Å². The van der Waals surface area contributed by atoms with Gasteiger partial charge in [0, 0.05) is 24.0 Å². The van der Waals surface area contributed by atoms with Crippen molar-refractivity contribution in [2.24, 2.45) is 0 Å². The lowest BCUT2D eigenvalue weighted by Crippen LogP contribution is -2.15. The van der Waals surface area contributed by atoms with Crippen LogP contribution in [0.5, 0.6) is 5.75 Å². The largest absolute Gasteiger partial charge is 0.491 e. The van der Waals surface area contributed by atoms with Gasteiger partial charge in [0.05, 0.1) is 16.8 Å². The first kappa shape index (κ1) is 14.0. The third-order valence-electron chi connectivity index (χ3n) is 2.62. The predicted molar refractivity (Wildman–Crippen MR) is 79.6 cm³/mol. The number of hydrogen-bond donors (Lipinski definition) is 1. The smallest absolute Gasteiger partial charge is 0.124 e. The van der Waals surface area contributed by atoms with E-state index in [4.69, 9.17) is 4.74 Å². The number of ether oxygens (including phenoxy) is 1. The molecule has 1 N–H and O–H groups in total. The van der Waals surface area contributed by atoms with E-state index in [-0.39, 0.29) is 6.10 Å². The van der Waals surface area contributed by atoms with Crippen molar-refractivity contribution in [3.8, 4) is 5.75 Å². The fraction of sp³-hybridized carbons (Fsp3) is 0.400. The van der Waals surface area contributed by atoms with Crippen molar-refractivity contribution < 1.29 is 4.74 Å². The maximum Gasteiger partial charge on any atom is 0.124 e. The number of para-hydroxylation sites is 1. The van der Waals surface area contributed by atoms with Gasteiger partial charge in [-0.15, -0.1) is 11.3 Å². The van der Waals surface area contributed by atoms with E-state index in [2.05, 4.69) is 21.7 Å². The van der Waals surface area contributed by atoms with Crippen LogP contribution in [0.4, 0.5) is 0 Å². The summed E-state index contributed by atoms with van der Waals surface area (Å²) in [5.41, 5.74) is 2.29. The molecule has 0 aliphatic rings. The van der Waals surface area contributed by atoms with E-state index in [1.165, 1.54) is 5.56 Å². The maximum atomic E-state index is 5.80. The first-order valence-electron chi connectivity index (χ1n) is 6.51. The highest BCUT2D eigenvalue weighted by Crippen LogP contribution is 2.19. The van der Waals surface area contributed by atoms with Crippen molar-refractivity contribution in [3.05, 3.63) is 45.9 Å². The highest BCUT2D eigenvalue weighted by Gasteiger charge is 2.05. The highest BCUT2D eigenvalue weighted by atomic mass is 32.1. The standard InChI is InChI=1S/C15H20N2OS/c1-11(2)18-15-7-5-4-6-13(15)8-16-9-14-10-19-12(3)17-14/h4-7,10-11,16H,8-9H2,1-3H3. The van der Waals surface area contributed by atoms with Crippen molar-refractivity contribution in [3.63, 3.8) is 0 Å². The maximum absolute atomic E-state index is 5.80. The molecule has 2 aromatic rings. The summed E-state index contributed by atoms with van der Waals surface area (Å²) >= 11 is 1.69. The lowest BCUT2D eigenvalue weighted by molar-refractivity contribution is 0.239. The van der Waals surface area contributed by atoms with Crippen LogP contribution in [-0.2, 0) is 13.1 Å². The van der Waals surface area contributed by atoms with Gasteiger partial charge in [-0.25, -0.2) is 4.98 Å². The summed E-state index contributed by atoms with van der Waals surface area (Å²) in [7, 11) is 0. The van der Waals surface area contributed by atoms with Crippen LogP contribution >= 0.6 is 11.3 Å². The minimum absolute atomic E-state index is 0.197. The van der Waals surface area contributed by atoms with Gasteiger partial charge in [-0.1, -0.05) is 18.2 Å². The highest BCUT2D eigenvalue weighted by molar-refractivity contribution is 7.09. The van der Waals surface area contributed by atoms with E-state index in [1.807, 2.05) is 39.0 Å². The van der Waals surface area contributed by atoms with Crippen molar-refractivity contribution in [2.75, 3.05) is 0 Å². The van der Waals surface area contributed by atoms with Gasteiger partial charge >= 0.3 is 0 Å². The minimum Gasteiger partial charge on any atom is -0.491 e. The average Bonchev–Trinajstić information content (AvgIpc) is 2.77. The van der Waals surface area contributed by atoms with Gasteiger partial charge in [-0.05, 0) is 26.8 Å². The zero-order valence-electron chi connectivity index (χ0n) is 11.6. The van der Waals surface area contributed by atoms with Gasteiger partial charge in [-0.2, -0.15) is 0 Å². The van der Waals surface area contributed by atoms with Crippen molar-refractivity contribution >= 4 is 11.3 Å². The third-order valence-corrected chi connectivity index (χ3v) is 3.45. The van der Waals surface area contributed by atoms with Gasteiger partial charge in [0.2, 0.25) is 0 Å². The van der Waals surface area contributed by atoms with Gasteiger partial charge in [0.15, 0.2) is 0 Å². The molecule has 3 nitrogen and oxygen atoms in total. The quantitative estimate of drug-likeness (QED) is 0.876. The third kappa shape index (κ3) is 4.33. The molecule has 0 aliphatic heterocycles. The number of aromatic nitrogens is 1. The Labute approximate surface area is 118 Å². The number of hydrogen-bond acceptors (Lipinski definition) is 4. The Balaban J connectivity index is 1.92. The van der Waals surface area contributed by atoms with E-state index in [9.17, 15) is 0 Å². The Hall–Kier alpha value is -1.39. The molecule has 1 aromatic heterocycles. The van der Waals surface area contributed by atoms with Crippen LogP contribution in [0.2, 0.25) is 0 Å². The molecular formula is C15H20N2OS. The predicted octanol–water partition coefficient (Wildman–Crippen LogP) is 3.53. The second-order valence-electron chi connectivity index (χ2n) is 4.74. The van der Waals surface area contributed by atoms with E-state index in [0.717, 1.165) is 29.5 Å². The van der Waals surface area contributed by atoms with Crippen molar-refractivity contribution in [1.29, 1.82) is 0 Å².